The van der Waals surface area contributed by atoms with Crippen LogP contribution in [-0.2, 0) is 4.79 Å². The number of aromatic hydroxyl groups is 1. The van der Waals surface area contributed by atoms with Gasteiger partial charge in [-0.25, -0.2) is 0 Å². The quantitative estimate of drug-likeness (QED) is 0.270. The SMILES string of the molecule is CCNC(=NCCNC(=O)c1ccccc1O)N1CCN(CC(=O)NC2CC2)CC1. The van der Waals surface area contributed by atoms with Crippen LogP contribution in [0.5, 0.6) is 5.75 Å². The lowest BCUT2D eigenvalue weighted by Gasteiger charge is -2.36. The van der Waals surface area contributed by atoms with E-state index in [0.717, 1.165) is 51.5 Å². The molecule has 1 aliphatic heterocycles. The molecule has 1 aromatic rings. The number of aliphatic imine (C=N–C) groups is 1. The van der Waals surface area contributed by atoms with Gasteiger partial charge in [-0.2, -0.15) is 0 Å². The van der Waals surface area contributed by atoms with Crippen molar-refractivity contribution in [3.63, 3.8) is 0 Å². The zero-order valence-electron chi connectivity index (χ0n) is 17.6. The van der Waals surface area contributed by atoms with E-state index in [1.807, 2.05) is 6.92 Å². The first-order valence-electron chi connectivity index (χ1n) is 10.7. The molecule has 9 nitrogen and oxygen atoms in total. The van der Waals surface area contributed by atoms with Crippen molar-refractivity contribution in [2.45, 2.75) is 25.8 Å². The number of hydrogen-bond donors (Lipinski definition) is 4. The van der Waals surface area contributed by atoms with Crippen molar-refractivity contribution in [3.8, 4) is 5.75 Å². The van der Waals surface area contributed by atoms with Crippen molar-refractivity contribution in [3.05, 3.63) is 29.8 Å². The zero-order valence-corrected chi connectivity index (χ0v) is 17.6. The highest BCUT2D eigenvalue weighted by molar-refractivity contribution is 5.96. The molecule has 0 spiro atoms. The molecule has 0 aromatic heterocycles. The second kappa shape index (κ2) is 10.8. The molecule has 30 heavy (non-hydrogen) atoms. The van der Waals surface area contributed by atoms with Crippen LogP contribution in [0.25, 0.3) is 0 Å². The number of amides is 2. The summed E-state index contributed by atoms with van der Waals surface area (Å²) in [6, 6.07) is 6.87. The van der Waals surface area contributed by atoms with E-state index in [0.29, 0.717) is 25.7 Å². The minimum Gasteiger partial charge on any atom is -0.507 e. The van der Waals surface area contributed by atoms with E-state index in [1.165, 1.54) is 6.07 Å². The van der Waals surface area contributed by atoms with Crippen LogP contribution in [-0.4, -0.2) is 91.1 Å². The average Bonchev–Trinajstić information content (AvgIpc) is 3.55. The Morgan fingerprint density at radius 2 is 1.87 bits per heavy atom. The first kappa shape index (κ1) is 21.9. The number of carbonyl (C=O) groups is 2. The first-order valence-corrected chi connectivity index (χ1v) is 10.7. The van der Waals surface area contributed by atoms with Crippen LogP contribution < -0.4 is 16.0 Å². The summed E-state index contributed by atoms with van der Waals surface area (Å²) in [5.41, 5.74) is 0.259. The van der Waals surface area contributed by atoms with Gasteiger partial charge >= 0.3 is 0 Å². The Kier molecular flexibility index (Phi) is 7.89. The smallest absolute Gasteiger partial charge is 0.255 e. The number of phenolic OH excluding ortho intramolecular Hbond substituents is 1. The topological polar surface area (TPSA) is 109 Å². The minimum atomic E-state index is -0.314. The predicted molar refractivity (Wildman–Crippen MR) is 116 cm³/mol. The molecule has 2 fully saturated rings. The highest BCUT2D eigenvalue weighted by Gasteiger charge is 2.25. The molecule has 0 atom stereocenters. The fourth-order valence-corrected chi connectivity index (χ4v) is 3.34. The number of benzene rings is 1. The lowest BCUT2D eigenvalue weighted by Crippen LogP contribution is -2.54. The third-order valence-electron chi connectivity index (χ3n) is 5.12. The van der Waals surface area contributed by atoms with Crippen LogP contribution >= 0.6 is 0 Å². The van der Waals surface area contributed by atoms with E-state index in [1.54, 1.807) is 18.2 Å². The van der Waals surface area contributed by atoms with Gasteiger partial charge in [0.1, 0.15) is 5.75 Å². The van der Waals surface area contributed by atoms with Gasteiger partial charge in [0.25, 0.3) is 5.91 Å². The van der Waals surface area contributed by atoms with Crippen LogP contribution in [0.4, 0.5) is 0 Å². The fourth-order valence-electron chi connectivity index (χ4n) is 3.34. The molecule has 1 saturated carbocycles. The Labute approximate surface area is 177 Å². The van der Waals surface area contributed by atoms with E-state index >= 15 is 0 Å². The van der Waals surface area contributed by atoms with Crippen molar-refractivity contribution < 1.29 is 14.7 Å². The Hall–Kier alpha value is -2.81. The number of phenols is 1. The average molecular weight is 417 g/mol. The van der Waals surface area contributed by atoms with Crippen LogP contribution in [0.15, 0.2) is 29.3 Å². The molecule has 0 unspecified atom stereocenters. The van der Waals surface area contributed by atoms with E-state index in [-0.39, 0.29) is 23.1 Å². The summed E-state index contributed by atoms with van der Waals surface area (Å²) in [5.74, 6) is 0.588. The van der Waals surface area contributed by atoms with Gasteiger partial charge in [0, 0.05) is 45.3 Å². The minimum absolute atomic E-state index is 0.0319. The number of carbonyl (C=O) groups excluding carboxylic acids is 2. The Balaban J connectivity index is 1.42. The first-order chi connectivity index (χ1) is 14.6. The summed E-state index contributed by atoms with van der Waals surface area (Å²) >= 11 is 0. The van der Waals surface area contributed by atoms with Crippen LogP contribution in [0.1, 0.15) is 30.1 Å². The fraction of sp³-hybridized carbons (Fsp3) is 0.571. The van der Waals surface area contributed by atoms with Gasteiger partial charge < -0.3 is 26.0 Å². The van der Waals surface area contributed by atoms with Crippen LogP contribution in [0.2, 0.25) is 0 Å². The Bertz CT molecular complexity index is 757. The summed E-state index contributed by atoms with van der Waals surface area (Å²) in [4.78, 5) is 33.1. The van der Waals surface area contributed by atoms with E-state index in [2.05, 4.69) is 30.7 Å². The maximum atomic E-state index is 12.1. The number of piperazine rings is 1. The summed E-state index contributed by atoms with van der Waals surface area (Å²) < 4.78 is 0. The number of hydrogen-bond acceptors (Lipinski definition) is 5. The van der Waals surface area contributed by atoms with E-state index in [9.17, 15) is 14.7 Å². The second-order valence-electron chi connectivity index (χ2n) is 7.61. The predicted octanol–water partition coefficient (Wildman–Crippen LogP) is -0.0163. The molecule has 3 rings (SSSR count). The third kappa shape index (κ3) is 6.62. The molecule has 1 saturated heterocycles. The molecule has 1 heterocycles. The van der Waals surface area contributed by atoms with Crippen molar-refractivity contribution in [2.24, 2.45) is 4.99 Å². The second-order valence-corrected chi connectivity index (χ2v) is 7.61. The third-order valence-corrected chi connectivity index (χ3v) is 5.12. The molecule has 164 valence electrons. The molecule has 2 aliphatic rings. The number of rotatable bonds is 8. The van der Waals surface area contributed by atoms with Gasteiger partial charge in [-0.1, -0.05) is 12.1 Å². The molecule has 0 bridgehead atoms. The Morgan fingerprint density at radius 1 is 1.13 bits per heavy atom. The number of nitrogens with zero attached hydrogens (tertiary/aromatic N) is 3. The summed E-state index contributed by atoms with van der Waals surface area (Å²) in [5, 5.41) is 18.9. The molecule has 1 aromatic carbocycles. The van der Waals surface area contributed by atoms with Gasteiger partial charge in [-0.15, -0.1) is 0 Å². The lowest BCUT2D eigenvalue weighted by molar-refractivity contribution is -0.122. The van der Waals surface area contributed by atoms with Gasteiger partial charge in [0.2, 0.25) is 5.91 Å². The highest BCUT2D eigenvalue weighted by Crippen LogP contribution is 2.18. The maximum Gasteiger partial charge on any atom is 0.255 e. The van der Waals surface area contributed by atoms with Gasteiger partial charge in [0.15, 0.2) is 5.96 Å². The molecular formula is C21H32N6O3. The largest absolute Gasteiger partial charge is 0.507 e. The van der Waals surface area contributed by atoms with Crippen molar-refractivity contribution in [2.75, 3.05) is 52.4 Å². The highest BCUT2D eigenvalue weighted by atomic mass is 16.3. The van der Waals surface area contributed by atoms with Crippen LogP contribution in [0, 0.1) is 0 Å². The Morgan fingerprint density at radius 3 is 2.53 bits per heavy atom. The number of nitrogens with one attached hydrogen (secondary N) is 3. The molecular weight excluding hydrogens is 384 g/mol. The monoisotopic (exact) mass is 416 g/mol. The van der Waals surface area contributed by atoms with Gasteiger partial charge in [-0.3, -0.25) is 19.5 Å². The van der Waals surface area contributed by atoms with Crippen molar-refractivity contribution >= 4 is 17.8 Å². The van der Waals surface area contributed by atoms with E-state index in [4.69, 9.17) is 0 Å². The molecule has 9 heteroatoms. The molecule has 1 aliphatic carbocycles. The van der Waals surface area contributed by atoms with Crippen molar-refractivity contribution in [1.82, 2.24) is 25.8 Å². The molecule has 4 N–H and O–H groups in total. The van der Waals surface area contributed by atoms with Crippen molar-refractivity contribution in [1.29, 1.82) is 0 Å². The lowest BCUT2D eigenvalue weighted by atomic mass is 10.2. The maximum absolute atomic E-state index is 12.1. The zero-order chi connectivity index (χ0) is 21.3. The number of para-hydroxylation sites is 1. The summed E-state index contributed by atoms with van der Waals surface area (Å²) in [6.45, 7) is 7.27. The van der Waals surface area contributed by atoms with Crippen LogP contribution in [0.3, 0.4) is 0 Å². The summed E-state index contributed by atoms with van der Waals surface area (Å²) in [7, 11) is 0. The molecule has 0 radical (unpaired) electrons. The summed E-state index contributed by atoms with van der Waals surface area (Å²) in [6.07, 6.45) is 2.21. The normalized spacial score (nSPS) is 17.5. The van der Waals surface area contributed by atoms with Gasteiger partial charge in [0.05, 0.1) is 18.7 Å². The molecule has 2 amide bonds. The number of guanidine groups is 1. The van der Waals surface area contributed by atoms with Gasteiger partial charge in [-0.05, 0) is 31.9 Å². The van der Waals surface area contributed by atoms with E-state index < -0.39 is 0 Å². The standard InChI is InChI=1S/C21H32N6O3/c1-2-22-21(24-10-9-23-20(30)17-5-3-4-6-18(17)28)27-13-11-26(12-14-27)15-19(29)25-16-7-8-16/h3-6,16,28H,2,7-15H2,1H3,(H,22,24)(H,23,30)(H,25,29).